The average Bonchev–Trinajstić information content (AvgIpc) is 2.90. The lowest BCUT2D eigenvalue weighted by Crippen LogP contribution is -2.15. The molecule has 1 atom stereocenters. The molecule has 0 saturated heterocycles. The molecule has 1 unspecified atom stereocenters. The number of aromatic nitrogens is 1. The van der Waals surface area contributed by atoms with Gasteiger partial charge in [-0.15, -0.1) is 0 Å². The minimum Gasteiger partial charge on any atom is -0.467 e. The molecule has 2 heterocycles. The highest BCUT2D eigenvalue weighted by Gasteiger charge is 2.14. The number of furan rings is 1. The summed E-state index contributed by atoms with van der Waals surface area (Å²) in [5.41, 5.74) is 2.14. The highest BCUT2D eigenvalue weighted by Crippen LogP contribution is 2.28. The topological polar surface area (TPSA) is 41.3 Å². The van der Waals surface area contributed by atoms with Gasteiger partial charge in [0, 0.05) is 20.3 Å². The Morgan fingerprint density at radius 1 is 1.39 bits per heavy atom. The molecule has 0 fully saturated rings. The lowest BCUT2D eigenvalue weighted by Gasteiger charge is -2.21. The molecule has 1 N–H and O–H groups in total. The Morgan fingerprint density at radius 2 is 2.22 bits per heavy atom. The normalized spacial score (nSPS) is 12.2. The molecule has 0 aromatic carbocycles. The molecule has 0 aliphatic rings. The van der Waals surface area contributed by atoms with Gasteiger partial charge in [0.15, 0.2) is 0 Å². The SMILES string of the molecule is CCC(Nc1cnccc1N(C)C)c1ccco1. The van der Waals surface area contributed by atoms with Crippen molar-refractivity contribution in [1.29, 1.82) is 0 Å². The first-order valence-electron chi connectivity index (χ1n) is 6.13. The van der Waals surface area contributed by atoms with E-state index in [1.165, 1.54) is 0 Å². The van der Waals surface area contributed by atoms with Gasteiger partial charge in [-0.1, -0.05) is 6.92 Å². The Labute approximate surface area is 108 Å². The van der Waals surface area contributed by atoms with Gasteiger partial charge in [0.1, 0.15) is 5.76 Å². The number of nitrogens with zero attached hydrogens (tertiary/aromatic N) is 2. The van der Waals surface area contributed by atoms with Gasteiger partial charge in [-0.05, 0) is 24.6 Å². The summed E-state index contributed by atoms with van der Waals surface area (Å²) >= 11 is 0. The van der Waals surface area contributed by atoms with Gasteiger partial charge in [0.2, 0.25) is 0 Å². The van der Waals surface area contributed by atoms with Crippen LogP contribution in [0.4, 0.5) is 11.4 Å². The molecule has 4 nitrogen and oxygen atoms in total. The van der Waals surface area contributed by atoms with Crippen molar-refractivity contribution >= 4 is 11.4 Å². The van der Waals surface area contributed by atoms with Gasteiger partial charge < -0.3 is 14.6 Å². The summed E-state index contributed by atoms with van der Waals surface area (Å²) in [5, 5.41) is 3.48. The van der Waals surface area contributed by atoms with Gasteiger partial charge in [0.05, 0.1) is 29.9 Å². The van der Waals surface area contributed by atoms with E-state index in [1.807, 2.05) is 38.5 Å². The van der Waals surface area contributed by atoms with E-state index in [0.717, 1.165) is 23.6 Å². The van der Waals surface area contributed by atoms with Crippen LogP contribution in [0.15, 0.2) is 41.3 Å². The number of hydrogen-bond acceptors (Lipinski definition) is 4. The van der Waals surface area contributed by atoms with Crippen molar-refractivity contribution in [1.82, 2.24) is 4.98 Å². The molecule has 0 bridgehead atoms. The van der Waals surface area contributed by atoms with Crippen LogP contribution in [0, 0.1) is 0 Å². The average molecular weight is 245 g/mol. The van der Waals surface area contributed by atoms with Crippen molar-refractivity contribution in [3.05, 3.63) is 42.6 Å². The molecule has 0 radical (unpaired) electrons. The Bertz CT molecular complexity index is 480. The maximum atomic E-state index is 5.46. The molecule has 96 valence electrons. The fraction of sp³-hybridized carbons (Fsp3) is 0.357. The summed E-state index contributed by atoms with van der Waals surface area (Å²) in [6, 6.07) is 6.07. The summed E-state index contributed by atoms with van der Waals surface area (Å²) in [6.07, 6.45) is 6.31. The first-order valence-corrected chi connectivity index (χ1v) is 6.13. The van der Waals surface area contributed by atoms with Gasteiger partial charge >= 0.3 is 0 Å². The highest BCUT2D eigenvalue weighted by molar-refractivity contribution is 5.68. The number of nitrogens with one attached hydrogen (secondary N) is 1. The zero-order valence-corrected chi connectivity index (χ0v) is 11.1. The third-order valence-corrected chi connectivity index (χ3v) is 2.90. The fourth-order valence-electron chi connectivity index (χ4n) is 1.94. The van der Waals surface area contributed by atoms with E-state index in [-0.39, 0.29) is 6.04 Å². The van der Waals surface area contributed by atoms with Crippen LogP contribution in [-0.2, 0) is 0 Å². The molecule has 18 heavy (non-hydrogen) atoms. The summed E-state index contributed by atoms with van der Waals surface area (Å²) in [5.74, 6) is 0.950. The molecule has 0 saturated carbocycles. The lowest BCUT2D eigenvalue weighted by molar-refractivity contribution is 0.474. The number of hydrogen-bond donors (Lipinski definition) is 1. The summed E-state index contributed by atoms with van der Waals surface area (Å²) in [4.78, 5) is 6.24. The van der Waals surface area contributed by atoms with Crippen molar-refractivity contribution in [3.8, 4) is 0 Å². The molecule has 0 aliphatic carbocycles. The predicted octanol–water partition coefficient (Wildman–Crippen LogP) is 3.30. The fourth-order valence-corrected chi connectivity index (χ4v) is 1.94. The van der Waals surface area contributed by atoms with Crippen LogP contribution in [0.1, 0.15) is 25.1 Å². The molecule has 4 heteroatoms. The van der Waals surface area contributed by atoms with Gasteiger partial charge in [-0.2, -0.15) is 0 Å². The zero-order valence-electron chi connectivity index (χ0n) is 11.1. The Kier molecular flexibility index (Phi) is 3.87. The lowest BCUT2D eigenvalue weighted by atomic mass is 10.1. The van der Waals surface area contributed by atoms with Crippen LogP contribution in [0.3, 0.4) is 0 Å². The minimum absolute atomic E-state index is 0.169. The molecule has 2 aromatic rings. The molecule has 0 spiro atoms. The first kappa shape index (κ1) is 12.5. The van der Waals surface area contributed by atoms with Gasteiger partial charge in [-0.3, -0.25) is 4.98 Å². The van der Waals surface area contributed by atoms with E-state index in [0.29, 0.717) is 0 Å². The molecular weight excluding hydrogens is 226 g/mol. The van der Waals surface area contributed by atoms with Gasteiger partial charge in [-0.25, -0.2) is 0 Å². The Balaban J connectivity index is 2.22. The van der Waals surface area contributed by atoms with Crippen LogP contribution >= 0.6 is 0 Å². The smallest absolute Gasteiger partial charge is 0.125 e. The van der Waals surface area contributed by atoms with E-state index in [9.17, 15) is 0 Å². The molecular formula is C14H19N3O. The van der Waals surface area contributed by atoms with Crippen LogP contribution < -0.4 is 10.2 Å². The largest absolute Gasteiger partial charge is 0.467 e. The van der Waals surface area contributed by atoms with Crippen LogP contribution in [0.2, 0.25) is 0 Å². The Morgan fingerprint density at radius 3 is 2.83 bits per heavy atom. The molecule has 2 rings (SSSR count). The minimum atomic E-state index is 0.169. The van der Waals surface area contributed by atoms with Crippen molar-refractivity contribution in [3.63, 3.8) is 0 Å². The van der Waals surface area contributed by atoms with Crippen LogP contribution in [-0.4, -0.2) is 19.1 Å². The summed E-state index contributed by atoms with van der Waals surface area (Å²) < 4.78 is 5.46. The van der Waals surface area contributed by atoms with E-state index in [2.05, 4.69) is 22.1 Å². The molecule has 0 aliphatic heterocycles. The van der Waals surface area contributed by atoms with Crippen molar-refractivity contribution < 1.29 is 4.42 Å². The van der Waals surface area contributed by atoms with E-state index < -0.39 is 0 Å². The molecule has 0 amide bonds. The quantitative estimate of drug-likeness (QED) is 0.877. The van der Waals surface area contributed by atoms with E-state index >= 15 is 0 Å². The Hall–Kier alpha value is -1.97. The third-order valence-electron chi connectivity index (χ3n) is 2.90. The van der Waals surface area contributed by atoms with Crippen molar-refractivity contribution in [2.75, 3.05) is 24.3 Å². The maximum Gasteiger partial charge on any atom is 0.125 e. The second-order valence-corrected chi connectivity index (χ2v) is 4.41. The number of pyridine rings is 1. The third kappa shape index (κ3) is 2.64. The number of anilines is 2. The second kappa shape index (κ2) is 5.58. The summed E-state index contributed by atoms with van der Waals surface area (Å²) in [7, 11) is 4.04. The number of rotatable bonds is 5. The predicted molar refractivity (Wildman–Crippen MR) is 73.9 cm³/mol. The van der Waals surface area contributed by atoms with Crippen LogP contribution in [0.25, 0.3) is 0 Å². The van der Waals surface area contributed by atoms with Gasteiger partial charge in [0.25, 0.3) is 0 Å². The standard InChI is InChI=1S/C14H19N3O/c1-4-11(14-6-5-9-18-14)16-12-10-15-8-7-13(12)17(2)3/h5-11,16H,4H2,1-3H3. The second-order valence-electron chi connectivity index (χ2n) is 4.41. The van der Waals surface area contributed by atoms with Crippen molar-refractivity contribution in [2.45, 2.75) is 19.4 Å². The highest BCUT2D eigenvalue weighted by atomic mass is 16.3. The van der Waals surface area contributed by atoms with E-state index in [4.69, 9.17) is 4.42 Å². The van der Waals surface area contributed by atoms with Crippen LogP contribution in [0.5, 0.6) is 0 Å². The molecule has 2 aromatic heterocycles. The monoisotopic (exact) mass is 245 g/mol. The van der Waals surface area contributed by atoms with E-state index in [1.54, 1.807) is 12.5 Å². The maximum absolute atomic E-state index is 5.46. The van der Waals surface area contributed by atoms with Crippen molar-refractivity contribution in [2.24, 2.45) is 0 Å². The first-order chi connectivity index (χ1) is 8.72. The zero-order chi connectivity index (χ0) is 13.0. The summed E-state index contributed by atoms with van der Waals surface area (Å²) in [6.45, 7) is 2.13.